The molecule has 6 heteroatoms. The zero-order valence-electron chi connectivity index (χ0n) is 5.49. The van der Waals surface area contributed by atoms with Gasteiger partial charge in [-0.05, 0) is 45.2 Å². The molecule has 0 saturated carbocycles. The van der Waals surface area contributed by atoms with Crippen molar-refractivity contribution in [2.75, 3.05) is 0 Å². The van der Waals surface area contributed by atoms with Crippen LogP contribution in [0.4, 0.5) is 13.2 Å². The van der Waals surface area contributed by atoms with Gasteiger partial charge in [-0.15, -0.1) is 0 Å². The summed E-state index contributed by atoms with van der Waals surface area (Å²) in [5.74, 6) is -0.866. The van der Waals surface area contributed by atoms with Crippen LogP contribution in [-0.2, 0) is 0 Å². The van der Waals surface area contributed by atoms with Gasteiger partial charge in [-0.2, -0.15) is 4.39 Å². The molecule has 0 atom stereocenters. The van der Waals surface area contributed by atoms with Gasteiger partial charge in [0.1, 0.15) is 5.69 Å². The Morgan fingerprint density at radius 2 is 1.92 bits per heavy atom. The van der Waals surface area contributed by atoms with Crippen LogP contribution >= 0.6 is 45.2 Å². The Kier molecular flexibility index (Phi) is 3.56. The van der Waals surface area contributed by atoms with E-state index in [2.05, 4.69) is 4.98 Å². The standard InChI is InChI=1S/C6H2F3I2N/c7-3-1-2(10)4(11)5(12-3)6(8)9/h1,6H. The monoisotopic (exact) mass is 399 g/mol. The Hall–Kier alpha value is 0.400. The summed E-state index contributed by atoms with van der Waals surface area (Å²) in [6.45, 7) is 0. The van der Waals surface area contributed by atoms with Crippen molar-refractivity contribution in [2.24, 2.45) is 0 Å². The van der Waals surface area contributed by atoms with E-state index in [1.807, 2.05) is 0 Å². The number of alkyl halides is 2. The second-order valence-corrected chi connectivity index (χ2v) is 4.17. The Morgan fingerprint density at radius 3 is 2.42 bits per heavy atom. The molecule has 0 N–H and O–H groups in total. The van der Waals surface area contributed by atoms with E-state index >= 15 is 0 Å². The van der Waals surface area contributed by atoms with Crippen molar-refractivity contribution in [2.45, 2.75) is 6.43 Å². The van der Waals surface area contributed by atoms with Gasteiger partial charge in [0, 0.05) is 9.64 Å². The maximum absolute atomic E-state index is 12.5. The van der Waals surface area contributed by atoms with Gasteiger partial charge >= 0.3 is 0 Å². The lowest BCUT2D eigenvalue weighted by Crippen LogP contribution is -1.99. The van der Waals surface area contributed by atoms with Crippen LogP contribution in [0.5, 0.6) is 0 Å². The minimum absolute atomic E-state index is 0.310. The van der Waals surface area contributed by atoms with Crippen molar-refractivity contribution < 1.29 is 13.2 Å². The molecule has 0 unspecified atom stereocenters. The summed E-state index contributed by atoms with van der Waals surface area (Å²) in [7, 11) is 0. The van der Waals surface area contributed by atoms with Crippen molar-refractivity contribution in [3.8, 4) is 0 Å². The number of hydrogen-bond acceptors (Lipinski definition) is 1. The van der Waals surface area contributed by atoms with E-state index < -0.39 is 18.1 Å². The molecule has 0 aliphatic rings. The highest BCUT2D eigenvalue weighted by Gasteiger charge is 2.16. The van der Waals surface area contributed by atoms with E-state index in [1.165, 1.54) is 0 Å². The summed E-state index contributed by atoms with van der Waals surface area (Å²) in [5.41, 5.74) is -0.486. The lowest BCUT2D eigenvalue weighted by Gasteiger charge is -2.03. The fraction of sp³-hybridized carbons (Fsp3) is 0.167. The number of halogens is 5. The van der Waals surface area contributed by atoms with Gasteiger partial charge in [-0.3, -0.25) is 0 Å². The third-order valence-electron chi connectivity index (χ3n) is 1.11. The van der Waals surface area contributed by atoms with E-state index in [1.54, 1.807) is 45.2 Å². The van der Waals surface area contributed by atoms with E-state index in [9.17, 15) is 13.2 Å². The highest BCUT2D eigenvalue weighted by molar-refractivity contribution is 14.1. The summed E-state index contributed by atoms with van der Waals surface area (Å²) in [6, 6.07) is 1.12. The summed E-state index contributed by atoms with van der Waals surface area (Å²) >= 11 is 3.51. The molecule has 1 nitrogen and oxygen atoms in total. The third-order valence-corrected chi connectivity index (χ3v) is 4.13. The van der Waals surface area contributed by atoms with Crippen molar-refractivity contribution in [1.82, 2.24) is 4.98 Å². The number of nitrogens with zero attached hydrogens (tertiary/aromatic N) is 1. The molecule has 0 aromatic carbocycles. The van der Waals surface area contributed by atoms with Gasteiger partial charge in [-0.1, -0.05) is 0 Å². The fourth-order valence-corrected chi connectivity index (χ4v) is 1.68. The Balaban J connectivity index is 3.28. The van der Waals surface area contributed by atoms with Crippen LogP contribution in [0.3, 0.4) is 0 Å². The zero-order valence-corrected chi connectivity index (χ0v) is 9.81. The maximum atomic E-state index is 12.5. The largest absolute Gasteiger partial charge is 0.281 e. The molecule has 66 valence electrons. The van der Waals surface area contributed by atoms with Gasteiger partial charge in [0.25, 0.3) is 6.43 Å². The average molecular weight is 399 g/mol. The number of aromatic nitrogens is 1. The molecule has 0 radical (unpaired) electrons. The van der Waals surface area contributed by atoms with Crippen molar-refractivity contribution in [3.63, 3.8) is 0 Å². The van der Waals surface area contributed by atoms with Gasteiger partial charge in [0.2, 0.25) is 5.95 Å². The average Bonchev–Trinajstić information content (AvgIpc) is 1.96. The molecule has 1 aromatic heterocycles. The predicted octanol–water partition coefficient (Wildman–Crippen LogP) is 3.37. The molecule has 1 heterocycles. The quantitative estimate of drug-likeness (QED) is 0.522. The molecular formula is C6H2F3I2N. The first kappa shape index (κ1) is 10.5. The van der Waals surface area contributed by atoms with Crippen LogP contribution in [0, 0.1) is 13.1 Å². The first-order chi connectivity index (χ1) is 5.52. The first-order valence-electron chi connectivity index (χ1n) is 2.82. The number of pyridine rings is 1. The van der Waals surface area contributed by atoms with E-state index in [0.717, 1.165) is 6.07 Å². The molecule has 0 spiro atoms. The molecule has 0 aliphatic carbocycles. The zero-order chi connectivity index (χ0) is 9.30. The molecule has 1 aromatic rings. The molecule has 0 amide bonds. The Morgan fingerprint density at radius 1 is 1.33 bits per heavy atom. The van der Waals surface area contributed by atoms with E-state index in [4.69, 9.17) is 0 Å². The van der Waals surface area contributed by atoms with Crippen molar-refractivity contribution in [1.29, 1.82) is 0 Å². The summed E-state index contributed by atoms with van der Waals surface area (Å²) in [4.78, 5) is 3.10. The van der Waals surface area contributed by atoms with Crippen LogP contribution in [-0.4, -0.2) is 4.98 Å². The van der Waals surface area contributed by atoms with Crippen LogP contribution < -0.4 is 0 Å². The smallest absolute Gasteiger partial charge is 0.218 e. The minimum atomic E-state index is -2.72. The summed E-state index contributed by atoms with van der Waals surface area (Å²) in [6.07, 6.45) is -2.72. The molecule has 1 rings (SSSR count). The van der Waals surface area contributed by atoms with Crippen LogP contribution in [0.2, 0.25) is 0 Å². The normalized spacial score (nSPS) is 10.8. The van der Waals surface area contributed by atoms with E-state index in [0.29, 0.717) is 7.14 Å². The molecule has 0 aliphatic heterocycles. The highest BCUT2D eigenvalue weighted by atomic mass is 127. The highest BCUT2D eigenvalue weighted by Crippen LogP contribution is 2.26. The topological polar surface area (TPSA) is 12.9 Å². The first-order valence-corrected chi connectivity index (χ1v) is 4.97. The second-order valence-electron chi connectivity index (χ2n) is 1.93. The van der Waals surface area contributed by atoms with E-state index in [-0.39, 0.29) is 0 Å². The van der Waals surface area contributed by atoms with Gasteiger partial charge in [0.05, 0.1) is 3.57 Å². The summed E-state index contributed by atoms with van der Waals surface area (Å²) in [5, 5.41) is 0. The van der Waals surface area contributed by atoms with Crippen LogP contribution in [0.1, 0.15) is 12.1 Å². The molecule has 0 bridgehead atoms. The molecule has 0 fully saturated rings. The lowest BCUT2D eigenvalue weighted by molar-refractivity contribution is 0.143. The third kappa shape index (κ3) is 2.21. The van der Waals surface area contributed by atoms with Crippen LogP contribution in [0.25, 0.3) is 0 Å². The van der Waals surface area contributed by atoms with Gasteiger partial charge < -0.3 is 0 Å². The fourth-order valence-electron chi connectivity index (χ4n) is 0.631. The molecule has 12 heavy (non-hydrogen) atoms. The minimum Gasteiger partial charge on any atom is -0.218 e. The van der Waals surface area contributed by atoms with Crippen molar-refractivity contribution >= 4 is 45.2 Å². The second kappa shape index (κ2) is 4.07. The molecule has 0 saturated heterocycles. The van der Waals surface area contributed by atoms with Gasteiger partial charge in [-0.25, -0.2) is 13.8 Å². The summed E-state index contributed by atoms with van der Waals surface area (Å²) < 4.78 is 37.6. The number of rotatable bonds is 1. The Labute approximate surface area is 94.0 Å². The maximum Gasteiger partial charge on any atom is 0.281 e. The Bertz CT molecular complexity index is 303. The van der Waals surface area contributed by atoms with Crippen LogP contribution in [0.15, 0.2) is 6.07 Å². The molecular weight excluding hydrogens is 397 g/mol. The van der Waals surface area contributed by atoms with Gasteiger partial charge in [0.15, 0.2) is 0 Å². The van der Waals surface area contributed by atoms with Crippen molar-refractivity contribution in [3.05, 3.63) is 24.8 Å². The SMILES string of the molecule is Fc1cc(I)c(I)c(C(F)F)n1. The number of hydrogen-bond donors (Lipinski definition) is 0. The lowest BCUT2D eigenvalue weighted by atomic mass is 10.4. The predicted molar refractivity (Wildman–Crippen MR) is 54.6 cm³/mol.